The molecule has 58 heavy (non-hydrogen) atoms. The van der Waals surface area contributed by atoms with E-state index in [0.29, 0.717) is 79.1 Å². The summed E-state index contributed by atoms with van der Waals surface area (Å²) in [5.74, 6) is 6.04. The first-order valence-corrected chi connectivity index (χ1v) is 21.9. The van der Waals surface area contributed by atoms with Gasteiger partial charge in [0.05, 0.1) is 23.4 Å². The number of carbonyl (C=O) groups is 3. The van der Waals surface area contributed by atoms with Crippen molar-refractivity contribution in [3.63, 3.8) is 0 Å². The van der Waals surface area contributed by atoms with Crippen molar-refractivity contribution < 1.29 is 28.6 Å². The maximum absolute atomic E-state index is 15.0. The van der Waals surface area contributed by atoms with E-state index in [1.165, 1.54) is 17.4 Å². The molecule has 5 heterocycles. The van der Waals surface area contributed by atoms with Gasteiger partial charge in [-0.05, 0) is 98.4 Å². The number of rotatable bonds is 15. The highest BCUT2D eigenvalue weighted by molar-refractivity contribution is 14.1. The second-order valence-electron chi connectivity index (χ2n) is 14.0. The molecular weight excluding hydrogens is 895 g/mol. The predicted molar refractivity (Wildman–Crippen MR) is 232 cm³/mol. The standard InChI is InChI=1S/C41H42FIN8O5S2/c1-26-28-10-7-19-51(38(28)48-47-37(26)46-40-44-30-11-2-3-12-32(30)57-40)41-45-36(39(54)55)33(58-41)13-8-24-56-31-17-16-27(25-29(31)42)9-6-18-49-20-22-50(23-21-49)35(53)15-5-4-14-34(43)52/h2-3,11-12,16-17,25H,4-5,7-8,10,13-15,18-24H2,1H3,(H,54,55)(H,44,46,47). The summed E-state index contributed by atoms with van der Waals surface area (Å²) in [6, 6.07) is 12.6. The van der Waals surface area contributed by atoms with Gasteiger partial charge in [0.1, 0.15) is 0 Å². The molecule has 302 valence electrons. The van der Waals surface area contributed by atoms with Crippen LogP contribution in [0.3, 0.4) is 0 Å². The van der Waals surface area contributed by atoms with E-state index < -0.39 is 11.8 Å². The smallest absolute Gasteiger partial charge is 0.355 e. The molecule has 2 aliphatic rings. The maximum Gasteiger partial charge on any atom is 0.355 e. The fourth-order valence-electron chi connectivity index (χ4n) is 6.92. The number of nitrogens with zero attached hydrogens (tertiary/aromatic N) is 7. The maximum atomic E-state index is 15.0. The number of ether oxygens (including phenoxy) is 1. The van der Waals surface area contributed by atoms with Crippen molar-refractivity contribution in [1.82, 2.24) is 30.0 Å². The van der Waals surface area contributed by atoms with Crippen LogP contribution < -0.4 is 15.0 Å². The number of anilines is 4. The van der Waals surface area contributed by atoms with Crippen LogP contribution in [0.5, 0.6) is 5.75 Å². The zero-order valence-electron chi connectivity index (χ0n) is 31.9. The fourth-order valence-corrected chi connectivity index (χ4v) is 9.29. The Bertz CT molecular complexity index is 2340. The van der Waals surface area contributed by atoms with Gasteiger partial charge in [0.25, 0.3) is 0 Å². The van der Waals surface area contributed by atoms with E-state index in [2.05, 4.69) is 42.2 Å². The van der Waals surface area contributed by atoms with Gasteiger partial charge in [-0.2, -0.15) is 0 Å². The molecule has 13 nitrogen and oxygen atoms in total. The molecule has 0 saturated carbocycles. The number of hydrogen-bond acceptors (Lipinski definition) is 13. The largest absolute Gasteiger partial charge is 0.491 e. The number of halogens is 2. The Morgan fingerprint density at radius 1 is 1.00 bits per heavy atom. The molecule has 7 rings (SSSR count). The van der Waals surface area contributed by atoms with Gasteiger partial charge < -0.3 is 25.0 Å². The number of carboxylic acids is 1. The third-order valence-corrected chi connectivity index (χ3v) is 12.7. The number of aryl methyl sites for hydroxylation is 1. The Kier molecular flexibility index (Phi) is 13.8. The van der Waals surface area contributed by atoms with Crippen LogP contribution in [-0.2, 0) is 22.4 Å². The SMILES string of the molecule is Cc1c(Nc2nc3ccccc3s2)nnc2c1CCCN2c1nc(C(=O)O)c(CCCOc2ccc(C#CCN3CCN(C(=O)CCCCC(=O)I)CC3)cc2F)s1. The summed E-state index contributed by atoms with van der Waals surface area (Å²) in [7, 11) is 0. The van der Waals surface area contributed by atoms with Gasteiger partial charge in [-0.3, -0.25) is 14.5 Å². The van der Waals surface area contributed by atoms with Crippen LogP contribution in [-0.4, -0.2) is 96.6 Å². The van der Waals surface area contributed by atoms with Gasteiger partial charge in [0, 0.05) is 67.1 Å². The molecule has 17 heteroatoms. The molecule has 2 aliphatic heterocycles. The van der Waals surface area contributed by atoms with E-state index in [-0.39, 0.29) is 27.7 Å². The average Bonchev–Trinajstić information content (AvgIpc) is 3.84. The van der Waals surface area contributed by atoms with E-state index in [9.17, 15) is 23.9 Å². The van der Waals surface area contributed by atoms with Gasteiger partial charge in [0.15, 0.2) is 42.9 Å². The summed E-state index contributed by atoms with van der Waals surface area (Å²) in [5, 5.41) is 23.7. The van der Waals surface area contributed by atoms with Crippen LogP contribution in [0.15, 0.2) is 42.5 Å². The average molecular weight is 937 g/mol. The molecule has 0 unspecified atom stereocenters. The monoisotopic (exact) mass is 936 g/mol. The zero-order valence-corrected chi connectivity index (χ0v) is 35.7. The van der Waals surface area contributed by atoms with Gasteiger partial charge in [0.2, 0.25) is 5.91 Å². The van der Waals surface area contributed by atoms with E-state index in [1.807, 2.05) is 41.0 Å². The number of unbranched alkanes of at least 4 members (excludes halogenated alkanes) is 1. The van der Waals surface area contributed by atoms with E-state index >= 15 is 0 Å². The molecule has 5 aromatic rings. The Morgan fingerprint density at radius 3 is 2.59 bits per heavy atom. The van der Waals surface area contributed by atoms with Crippen molar-refractivity contribution in [1.29, 1.82) is 0 Å². The topological polar surface area (TPSA) is 154 Å². The van der Waals surface area contributed by atoms with E-state index in [0.717, 1.165) is 65.2 Å². The minimum atomic E-state index is -1.11. The van der Waals surface area contributed by atoms with E-state index in [4.69, 9.17) is 4.74 Å². The normalized spacial score (nSPS) is 14.2. The van der Waals surface area contributed by atoms with Crippen molar-refractivity contribution in [3.8, 4) is 17.6 Å². The molecule has 0 atom stereocenters. The fraction of sp³-hybridized carbons (Fsp3) is 0.390. The lowest BCUT2D eigenvalue weighted by atomic mass is 10.0. The van der Waals surface area contributed by atoms with Crippen molar-refractivity contribution in [3.05, 3.63) is 75.5 Å². The van der Waals surface area contributed by atoms with Crippen molar-refractivity contribution in [2.75, 3.05) is 56.1 Å². The molecular formula is C41H42FIN8O5S2. The molecule has 0 radical (unpaired) electrons. The summed E-state index contributed by atoms with van der Waals surface area (Å²) >= 11 is 4.65. The molecule has 1 saturated heterocycles. The Hall–Kier alpha value is -4.77. The molecule has 1 fully saturated rings. The number of nitrogens with one attached hydrogen (secondary N) is 1. The van der Waals surface area contributed by atoms with Crippen LogP contribution in [0.4, 0.5) is 26.3 Å². The number of carbonyl (C=O) groups excluding carboxylic acids is 2. The summed E-state index contributed by atoms with van der Waals surface area (Å²) in [4.78, 5) is 51.6. The number of piperazine rings is 1. The zero-order chi connectivity index (χ0) is 40.6. The lowest BCUT2D eigenvalue weighted by Gasteiger charge is -2.33. The summed E-state index contributed by atoms with van der Waals surface area (Å²) in [5.41, 5.74) is 3.44. The van der Waals surface area contributed by atoms with Gasteiger partial charge in [-0.15, -0.1) is 21.5 Å². The lowest BCUT2D eigenvalue weighted by molar-refractivity contribution is -0.133. The molecule has 1 amide bonds. The number of aromatic nitrogens is 4. The minimum absolute atomic E-state index is 0.00681. The quantitative estimate of drug-likeness (QED) is 0.0462. The lowest BCUT2D eigenvalue weighted by Crippen LogP contribution is -2.48. The minimum Gasteiger partial charge on any atom is -0.491 e. The number of hydrogen-bond donors (Lipinski definition) is 2. The predicted octanol–water partition coefficient (Wildman–Crippen LogP) is 7.55. The van der Waals surface area contributed by atoms with Crippen molar-refractivity contribution in [2.45, 2.75) is 58.3 Å². The number of fused-ring (bicyclic) bond motifs is 2. The molecule has 0 aliphatic carbocycles. The van der Waals surface area contributed by atoms with E-state index in [1.54, 1.807) is 46.1 Å². The summed E-state index contributed by atoms with van der Waals surface area (Å²) in [6.07, 6.45) is 4.93. The third-order valence-electron chi connectivity index (χ3n) is 10.0. The highest BCUT2D eigenvalue weighted by Crippen LogP contribution is 2.39. The van der Waals surface area contributed by atoms with Crippen LogP contribution in [0.2, 0.25) is 0 Å². The first kappa shape index (κ1) is 41.4. The Labute approximate surface area is 357 Å². The van der Waals surface area contributed by atoms with Crippen molar-refractivity contribution >= 4 is 93.0 Å². The van der Waals surface area contributed by atoms with Crippen LogP contribution in [0.25, 0.3) is 10.2 Å². The number of carboxylic acid groups (broad SMARTS) is 1. The number of benzene rings is 2. The first-order valence-electron chi connectivity index (χ1n) is 19.2. The van der Waals surface area contributed by atoms with Gasteiger partial charge in [-0.25, -0.2) is 19.2 Å². The molecule has 3 aromatic heterocycles. The molecule has 0 bridgehead atoms. The Balaban J connectivity index is 0.897. The third kappa shape index (κ3) is 10.3. The summed E-state index contributed by atoms with van der Waals surface area (Å²) < 4.78 is 21.9. The van der Waals surface area contributed by atoms with Crippen LogP contribution in [0.1, 0.15) is 70.6 Å². The van der Waals surface area contributed by atoms with Crippen LogP contribution in [0, 0.1) is 24.6 Å². The van der Waals surface area contributed by atoms with Gasteiger partial charge >= 0.3 is 5.97 Å². The summed E-state index contributed by atoms with van der Waals surface area (Å²) in [6.45, 7) is 6.05. The number of thiazole rings is 2. The second kappa shape index (κ2) is 19.3. The highest BCUT2D eigenvalue weighted by atomic mass is 127. The number of para-hydroxylation sites is 1. The van der Waals surface area contributed by atoms with Gasteiger partial charge in [-0.1, -0.05) is 35.3 Å². The van der Waals surface area contributed by atoms with Crippen LogP contribution >= 0.6 is 45.3 Å². The number of amides is 1. The van der Waals surface area contributed by atoms with Crippen molar-refractivity contribution in [2.24, 2.45) is 0 Å². The number of aromatic carboxylic acids is 1. The second-order valence-corrected chi connectivity index (χ2v) is 17.3. The first-order chi connectivity index (χ1) is 28.1. The molecule has 0 spiro atoms. The molecule has 2 aromatic carbocycles. The highest BCUT2D eigenvalue weighted by Gasteiger charge is 2.28. The molecule has 2 N–H and O–H groups in total. The Morgan fingerprint density at radius 2 is 1.81 bits per heavy atom.